The largest absolute Gasteiger partial charge is 0.306 e. The minimum absolute atomic E-state index is 0.168. The van der Waals surface area contributed by atoms with Crippen LogP contribution in [0.2, 0.25) is 4.34 Å². The summed E-state index contributed by atoms with van der Waals surface area (Å²) in [5.74, 6) is -0.212. The van der Waals surface area contributed by atoms with Crippen molar-refractivity contribution in [1.82, 2.24) is 5.32 Å². The smallest absolute Gasteiger partial charge is 0.128 e. The van der Waals surface area contributed by atoms with Gasteiger partial charge in [-0.15, -0.1) is 11.3 Å². The number of benzene rings is 1. The van der Waals surface area contributed by atoms with E-state index in [-0.39, 0.29) is 11.9 Å². The lowest BCUT2D eigenvalue weighted by Crippen LogP contribution is -2.22. The Labute approximate surface area is 129 Å². The van der Waals surface area contributed by atoms with Crippen LogP contribution in [0.4, 0.5) is 4.39 Å². The van der Waals surface area contributed by atoms with E-state index >= 15 is 0 Å². The molecule has 0 spiro atoms. The lowest BCUT2D eigenvalue weighted by atomic mass is 10.0. The fourth-order valence-electron chi connectivity index (χ4n) is 1.93. The molecular formula is C14H14BrClFNS. The van der Waals surface area contributed by atoms with Crippen molar-refractivity contribution in [2.45, 2.75) is 19.9 Å². The molecule has 2 aromatic rings. The van der Waals surface area contributed by atoms with Crippen molar-refractivity contribution in [3.63, 3.8) is 0 Å². The molecule has 0 aliphatic heterocycles. The molecular weight excluding hydrogens is 349 g/mol. The summed E-state index contributed by atoms with van der Waals surface area (Å²) in [5.41, 5.74) is 1.66. The SMILES string of the molecule is CCNC(c1cc(C)c(Cl)s1)c1cc(Br)ccc1F. The van der Waals surface area contributed by atoms with Gasteiger partial charge in [0, 0.05) is 14.9 Å². The van der Waals surface area contributed by atoms with Gasteiger partial charge in [0.25, 0.3) is 0 Å². The summed E-state index contributed by atoms with van der Waals surface area (Å²) >= 11 is 11.0. The summed E-state index contributed by atoms with van der Waals surface area (Å²) in [6.07, 6.45) is 0. The van der Waals surface area contributed by atoms with Gasteiger partial charge < -0.3 is 5.32 Å². The highest BCUT2D eigenvalue weighted by molar-refractivity contribution is 9.10. The third kappa shape index (κ3) is 3.37. The minimum Gasteiger partial charge on any atom is -0.306 e. The van der Waals surface area contributed by atoms with Crippen molar-refractivity contribution in [3.05, 3.63) is 54.9 Å². The highest BCUT2D eigenvalue weighted by Gasteiger charge is 2.20. The van der Waals surface area contributed by atoms with E-state index in [1.165, 1.54) is 17.4 Å². The van der Waals surface area contributed by atoms with E-state index < -0.39 is 0 Å². The average molecular weight is 363 g/mol. The second kappa shape index (κ2) is 6.35. The molecule has 2 rings (SSSR count). The zero-order chi connectivity index (χ0) is 14.0. The van der Waals surface area contributed by atoms with E-state index in [1.807, 2.05) is 26.0 Å². The van der Waals surface area contributed by atoms with Gasteiger partial charge in [-0.05, 0) is 43.3 Å². The van der Waals surface area contributed by atoms with Crippen molar-refractivity contribution in [1.29, 1.82) is 0 Å². The van der Waals surface area contributed by atoms with Crippen molar-refractivity contribution in [3.8, 4) is 0 Å². The van der Waals surface area contributed by atoms with Crippen LogP contribution in [0, 0.1) is 12.7 Å². The van der Waals surface area contributed by atoms with Crippen LogP contribution in [0.5, 0.6) is 0 Å². The summed E-state index contributed by atoms with van der Waals surface area (Å²) in [4.78, 5) is 1.03. The summed E-state index contributed by atoms with van der Waals surface area (Å²) in [6.45, 7) is 4.72. The van der Waals surface area contributed by atoms with Gasteiger partial charge in [-0.3, -0.25) is 0 Å². The Bertz CT molecular complexity index is 565. The quantitative estimate of drug-likeness (QED) is 0.777. The second-order valence-corrected chi connectivity index (χ2v) is 6.86. The predicted molar refractivity (Wildman–Crippen MR) is 83.7 cm³/mol. The summed E-state index contributed by atoms with van der Waals surface area (Å²) < 4.78 is 15.7. The number of aryl methyl sites for hydroxylation is 1. The highest BCUT2D eigenvalue weighted by Crippen LogP contribution is 2.35. The third-order valence-corrected chi connectivity index (χ3v) is 4.95. The van der Waals surface area contributed by atoms with E-state index in [2.05, 4.69) is 21.2 Å². The molecule has 1 heterocycles. The molecule has 0 aliphatic rings. The molecule has 1 atom stereocenters. The molecule has 0 fully saturated rings. The molecule has 1 aromatic heterocycles. The lowest BCUT2D eigenvalue weighted by Gasteiger charge is -2.18. The second-order valence-electron chi connectivity index (χ2n) is 4.26. The number of rotatable bonds is 4. The first-order valence-corrected chi connectivity index (χ1v) is 7.95. The van der Waals surface area contributed by atoms with Gasteiger partial charge in [0.1, 0.15) is 5.82 Å². The van der Waals surface area contributed by atoms with Crippen LogP contribution in [0.3, 0.4) is 0 Å². The van der Waals surface area contributed by atoms with Crippen molar-refractivity contribution >= 4 is 38.9 Å². The summed E-state index contributed by atoms with van der Waals surface area (Å²) in [5, 5.41) is 3.31. The topological polar surface area (TPSA) is 12.0 Å². The molecule has 0 bridgehead atoms. The van der Waals surface area contributed by atoms with Crippen LogP contribution in [0.15, 0.2) is 28.7 Å². The van der Waals surface area contributed by atoms with E-state index in [9.17, 15) is 4.39 Å². The molecule has 0 radical (unpaired) electrons. The monoisotopic (exact) mass is 361 g/mol. The van der Waals surface area contributed by atoms with Crippen molar-refractivity contribution < 1.29 is 4.39 Å². The fourth-order valence-corrected chi connectivity index (χ4v) is 3.62. The first kappa shape index (κ1) is 15.0. The van der Waals surface area contributed by atoms with Crippen LogP contribution in [0.1, 0.15) is 29.0 Å². The Morgan fingerprint density at radius 1 is 1.42 bits per heavy atom. The van der Waals surface area contributed by atoms with Crippen LogP contribution in [-0.2, 0) is 0 Å². The van der Waals surface area contributed by atoms with Gasteiger partial charge in [-0.2, -0.15) is 0 Å². The predicted octanol–water partition coefficient (Wildman–Crippen LogP) is 5.31. The molecule has 1 aromatic carbocycles. The summed E-state index contributed by atoms with van der Waals surface area (Å²) in [7, 11) is 0. The molecule has 5 heteroatoms. The first-order chi connectivity index (χ1) is 9.02. The Morgan fingerprint density at radius 3 is 2.74 bits per heavy atom. The van der Waals surface area contributed by atoms with E-state index in [1.54, 1.807) is 6.07 Å². The van der Waals surface area contributed by atoms with Crippen LogP contribution < -0.4 is 5.32 Å². The van der Waals surface area contributed by atoms with E-state index in [0.29, 0.717) is 5.56 Å². The maximum absolute atomic E-state index is 14.0. The third-order valence-electron chi connectivity index (χ3n) is 2.84. The van der Waals surface area contributed by atoms with Gasteiger partial charge in [0.05, 0.1) is 10.4 Å². The van der Waals surface area contributed by atoms with Crippen LogP contribution in [0.25, 0.3) is 0 Å². The summed E-state index contributed by atoms with van der Waals surface area (Å²) in [6, 6.07) is 6.84. The molecule has 0 amide bonds. The molecule has 19 heavy (non-hydrogen) atoms. The molecule has 1 nitrogen and oxygen atoms in total. The van der Waals surface area contributed by atoms with Crippen molar-refractivity contribution in [2.75, 3.05) is 6.54 Å². The number of hydrogen-bond donors (Lipinski definition) is 1. The maximum atomic E-state index is 14.0. The number of nitrogens with one attached hydrogen (secondary N) is 1. The lowest BCUT2D eigenvalue weighted by molar-refractivity contribution is 0.562. The number of hydrogen-bond acceptors (Lipinski definition) is 2. The molecule has 0 saturated carbocycles. The molecule has 0 aliphatic carbocycles. The van der Waals surface area contributed by atoms with Gasteiger partial charge in [0.2, 0.25) is 0 Å². The maximum Gasteiger partial charge on any atom is 0.128 e. The zero-order valence-electron chi connectivity index (χ0n) is 10.6. The van der Waals surface area contributed by atoms with Gasteiger partial charge in [-0.25, -0.2) is 4.39 Å². The Hall–Kier alpha value is -0.420. The minimum atomic E-state index is -0.212. The molecule has 1 N–H and O–H groups in total. The normalized spacial score (nSPS) is 12.7. The number of thiophene rings is 1. The highest BCUT2D eigenvalue weighted by atomic mass is 79.9. The Kier molecular flexibility index (Phi) is 5.01. The van der Waals surface area contributed by atoms with E-state index in [0.717, 1.165) is 25.8 Å². The standard InChI is InChI=1S/C14H14BrClFNS/c1-3-18-13(12-6-8(2)14(16)19-12)10-7-9(15)4-5-11(10)17/h4-7,13,18H,3H2,1-2H3. The van der Waals surface area contributed by atoms with Gasteiger partial charge >= 0.3 is 0 Å². The van der Waals surface area contributed by atoms with Crippen LogP contribution >= 0.6 is 38.9 Å². The Morgan fingerprint density at radius 2 is 2.16 bits per heavy atom. The van der Waals surface area contributed by atoms with Crippen LogP contribution in [-0.4, -0.2) is 6.54 Å². The molecule has 1 unspecified atom stereocenters. The van der Waals surface area contributed by atoms with Gasteiger partial charge in [0.15, 0.2) is 0 Å². The average Bonchev–Trinajstić information content (AvgIpc) is 2.70. The first-order valence-electron chi connectivity index (χ1n) is 5.97. The molecule has 102 valence electrons. The van der Waals surface area contributed by atoms with Crippen molar-refractivity contribution in [2.24, 2.45) is 0 Å². The number of halogens is 3. The molecule has 0 saturated heterocycles. The zero-order valence-corrected chi connectivity index (χ0v) is 13.8. The Balaban J connectivity index is 2.47. The van der Waals surface area contributed by atoms with Gasteiger partial charge in [-0.1, -0.05) is 34.5 Å². The fraction of sp³-hybridized carbons (Fsp3) is 0.286. The van der Waals surface area contributed by atoms with E-state index in [4.69, 9.17) is 11.6 Å².